The molecule has 8 heteroatoms. The maximum atomic E-state index is 10.3. The van der Waals surface area contributed by atoms with Crippen LogP contribution in [0.4, 0.5) is 0 Å². The third kappa shape index (κ3) is 3.79. The lowest BCUT2D eigenvalue weighted by molar-refractivity contribution is 0.0839. The zero-order chi connectivity index (χ0) is 9.84. The van der Waals surface area contributed by atoms with Crippen molar-refractivity contribution in [3.8, 4) is 0 Å². The lowest BCUT2D eigenvalue weighted by atomic mass is 10.3. The summed E-state index contributed by atoms with van der Waals surface area (Å²) in [6, 6.07) is 0. The molecule has 4 unspecified atom stereocenters. The second-order valence-electron chi connectivity index (χ2n) is 2.63. The normalized spacial score (nSPS) is 33.1. The molecule has 0 radical (unpaired) electrons. The van der Waals surface area contributed by atoms with Gasteiger partial charge < -0.3 is 0 Å². The van der Waals surface area contributed by atoms with E-state index in [1.165, 1.54) is 0 Å². The monoisotopic (exact) mass is 230 g/mol. The number of rotatable bonds is 4. The molecule has 0 aromatic carbocycles. The molecule has 0 aromatic rings. The maximum Gasteiger partial charge on any atom is 0.302 e. The minimum absolute atomic E-state index is 0.564. The molecule has 6 nitrogen and oxygen atoms in total. The van der Waals surface area contributed by atoms with Crippen LogP contribution in [-0.2, 0) is 31.1 Å². The third-order valence-electron chi connectivity index (χ3n) is 1.80. The van der Waals surface area contributed by atoms with Crippen LogP contribution in [0.2, 0.25) is 0 Å². The topological polar surface area (TPSA) is 93.1 Å². The van der Waals surface area contributed by atoms with Crippen LogP contribution in [0.15, 0.2) is 0 Å². The standard InChI is InChI=1S/C5H10O6S2/c6-12(7)10-4-2-1-3-5(4)11-13(8)9/h4-5H,1-3H2,(H,6,7)(H,8,9). The number of hydrogen-bond acceptors (Lipinski definition) is 4. The summed E-state index contributed by atoms with van der Waals surface area (Å²) in [5.41, 5.74) is 0. The van der Waals surface area contributed by atoms with Gasteiger partial charge in [-0.2, -0.15) is 8.42 Å². The van der Waals surface area contributed by atoms with E-state index >= 15 is 0 Å². The van der Waals surface area contributed by atoms with Crippen molar-refractivity contribution in [2.24, 2.45) is 0 Å². The lowest BCUT2D eigenvalue weighted by Crippen LogP contribution is -2.27. The zero-order valence-corrected chi connectivity index (χ0v) is 8.25. The van der Waals surface area contributed by atoms with Crippen molar-refractivity contribution in [1.82, 2.24) is 0 Å². The van der Waals surface area contributed by atoms with Crippen molar-refractivity contribution in [2.45, 2.75) is 31.5 Å². The van der Waals surface area contributed by atoms with Gasteiger partial charge >= 0.3 is 22.7 Å². The molecule has 1 aliphatic carbocycles. The summed E-state index contributed by atoms with van der Waals surface area (Å²) in [6.07, 6.45) is 0.746. The fourth-order valence-electron chi connectivity index (χ4n) is 1.32. The molecule has 0 bridgehead atoms. The van der Waals surface area contributed by atoms with E-state index in [0.717, 1.165) is 6.42 Å². The molecular weight excluding hydrogens is 220 g/mol. The molecule has 78 valence electrons. The molecule has 0 amide bonds. The molecule has 13 heavy (non-hydrogen) atoms. The summed E-state index contributed by atoms with van der Waals surface area (Å²) in [6.45, 7) is 0. The molecule has 1 fully saturated rings. The van der Waals surface area contributed by atoms with Crippen molar-refractivity contribution in [3.05, 3.63) is 0 Å². The smallest absolute Gasteiger partial charge is 0.284 e. The molecule has 0 spiro atoms. The van der Waals surface area contributed by atoms with Gasteiger partial charge in [-0.3, -0.25) is 17.5 Å². The van der Waals surface area contributed by atoms with Gasteiger partial charge in [-0.1, -0.05) is 0 Å². The second kappa shape index (κ2) is 5.13. The first kappa shape index (κ1) is 11.2. The molecule has 1 aliphatic rings. The quantitative estimate of drug-likeness (QED) is 0.671. The average Bonchev–Trinajstić information content (AvgIpc) is 2.34. The minimum atomic E-state index is -2.35. The van der Waals surface area contributed by atoms with E-state index in [2.05, 4.69) is 8.37 Å². The molecule has 1 rings (SSSR count). The van der Waals surface area contributed by atoms with Gasteiger partial charge in [-0.05, 0) is 19.3 Å². The van der Waals surface area contributed by atoms with Gasteiger partial charge in [0.25, 0.3) is 0 Å². The average molecular weight is 230 g/mol. The highest BCUT2D eigenvalue weighted by molar-refractivity contribution is 7.74. The maximum absolute atomic E-state index is 10.3. The van der Waals surface area contributed by atoms with Gasteiger partial charge in [-0.15, -0.1) is 0 Å². The van der Waals surface area contributed by atoms with E-state index < -0.39 is 34.9 Å². The number of hydrogen-bond donors (Lipinski definition) is 2. The Morgan fingerprint density at radius 1 is 1.00 bits per heavy atom. The van der Waals surface area contributed by atoms with Gasteiger partial charge in [0.15, 0.2) is 0 Å². The Morgan fingerprint density at radius 3 is 1.69 bits per heavy atom. The Labute approximate surface area is 80.6 Å². The van der Waals surface area contributed by atoms with E-state index in [0.29, 0.717) is 12.8 Å². The first-order chi connectivity index (χ1) is 6.09. The molecule has 0 aliphatic heterocycles. The Morgan fingerprint density at radius 2 is 1.38 bits per heavy atom. The van der Waals surface area contributed by atoms with E-state index in [1.54, 1.807) is 0 Å². The molecule has 0 saturated heterocycles. The van der Waals surface area contributed by atoms with Crippen LogP contribution in [0, 0.1) is 0 Å². The Hall–Kier alpha value is 0.140. The first-order valence-corrected chi connectivity index (χ1v) is 5.72. The predicted molar refractivity (Wildman–Crippen MR) is 45.1 cm³/mol. The van der Waals surface area contributed by atoms with Crippen LogP contribution in [0.3, 0.4) is 0 Å². The molecular formula is C5H10O6S2. The van der Waals surface area contributed by atoms with Crippen molar-refractivity contribution in [3.63, 3.8) is 0 Å². The van der Waals surface area contributed by atoms with E-state index in [9.17, 15) is 8.42 Å². The summed E-state index contributed by atoms with van der Waals surface area (Å²) >= 11 is -4.70. The van der Waals surface area contributed by atoms with Gasteiger partial charge in [0, 0.05) is 0 Å². The SMILES string of the molecule is O=S(O)OC1CCCC1OS(=O)O. The van der Waals surface area contributed by atoms with Crippen LogP contribution in [0.5, 0.6) is 0 Å². The van der Waals surface area contributed by atoms with Crippen molar-refractivity contribution in [2.75, 3.05) is 0 Å². The van der Waals surface area contributed by atoms with E-state index in [-0.39, 0.29) is 0 Å². The van der Waals surface area contributed by atoms with Crippen LogP contribution < -0.4 is 0 Å². The Kier molecular flexibility index (Phi) is 4.42. The summed E-state index contributed by atoms with van der Waals surface area (Å²) < 4.78 is 46.6. The van der Waals surface area contributed by atoms with Crippen LogP contribution >= 0.6 is 0 Å². The lowest BCUT2D eigenvalue weighted by Gasteiger charge is -2.15. The predicted octanol–water partition coefficient (Wildman–Crippen LogP) is 0.214. The van der Waals surface area contributed by atoms with Gasteiger partial charge in [-0.25, -0.2) is 0 Å². The fraction of sp³-hybridized carbons (Fsp3) is 1.00. The van der Waals surface area contributed by atoms with Gasteiger partial charge in [0.2, 0.25) is 0 Å². The second-order valence-corrected chi connectivity index (χ2v) is 3.89. The summed E-state index contributed by atoms with van der Waals surface area (Å²) in [5, 5.41) is 0. The Bertz CT molecular complexity index is 197. The molecule has 0 heterocycles. The van der Waals surface area contributed by atoms with Crippen molar-refractivity contribution >= 4 is 22.7 Å². The first-order valence-electron chi connectivity index (χ1n) is 3.65. The highest BCUT2D eigenvalue weighted by atomic mass is 32.2. The van der Waals surface area contributed by atoms with Gasteiger partial charge in [0.05, 0.1) is 0 Å². The zero-order valence-electron chi connectivity index (χ0n) is 6.62. The highest BCUT2D eigenvalue weighted by Crippen LogP contribution is 2.25. The van der Waals surface area contributed by atoms with Crippen LogP contribution in [0.1, 0.15) is 19.3 Å². The minimum Gasteiger partial charge on any atom is -0.284 e. The fourth-order valence-corrected chi connectivity index (χ4v) is 2.19. The summed E-state index contributed by atoms with van der Waals surface area (Å²) in [4.78, 5) is 0. The molecule has 4 atom stereocenters. The largest absolute Gasteiger partial charge is 0.302 e. The Balaban J connectivity index is 2.43. The van der Waals surface area contributed by atoms with Gasteiger partial charge in [0.1, 0.15) is 12.2 Å². The van der Waals surface area contributed by atoms with E-state index in [4.69, 9.17) is 9.11 Å². The van der Waals surface area contributed by atoms with E-state index in [1.807, 2.05) is 0 Å². The van der Waals surface area contributed by atoms with Crippen molar-refractivity contribution < 1.29 is 25.9 Å². The molecule has 0 aromatic heterocycles. The highest BCUT2D eigenvalue weighted by Gasteiger charge is 2.32. The van der Waals surface area contributed by atoms with Crippen LogP contribution in [0.25, 0.3) is 0 Å². The van der Waals surface area contributed by atoms with Crippen LogP contribution in [-0.4, -0.2) is 29.7 Å². The third-order valence-corrected chi connectivity index (χ3v) is 2.63. The summed E-state index contributed by atoms with van der Waals surface area (Å²) in [7, 11) is 0. The molecule has 2 N–H and O–H groups in total. The summed E-state index contributed by atoms with van der Waals surface area (Å²) in [5.74, 6) is 0. The molecule has 1 saturated carbocycles. The van der Waals surface area contributed by atoms with Crippen molar-refractivity contribution in [1.29, 1.82) is 0 Å².